The van der Waals surface area contributed by atoms with Gasteiger partial charge in [-0.1, -0.05) is 0 Å². The minimum absolute atomic E-state index is 0.0127. The van der Waals surface area contributed by atoms with Crippen molar-refractivity contribution in [3.8, 4) is 0 Å². The van der Waals surface area contributed by atoms with Gasteiger partial charge >= 0.3 is 5.69 Å². The molecular formula is C11H17N5O4S. The number of nitrogens with zero attached hydrogens (tertiary/aromatic N) is 4. The van der Waals surface area contributed by atoms with E-state index in [1.54, 1.807) is 18.9 Å². The second kappa shape index (κ2) is 5.80. The molecule has 0 bridgehead atoms. The molecule has 0 amide bonds. The zero-order valence-electron chi connectivity index (χ0n) is 11.8. The van der Waals surface area contributed by atoms with Crippen LogP contribution in [0.15, 0.2) is 6.33 Å². The molecule has 0 aliphatic carbocycles. The van der Waals surface area contributed by atoms with E-state index in [9.17, 15) is 18.5 Å². The van der Waals surface area contributed by atoms with Gasteiger partial charge in [-0.3, -0.25) is 10.1 Å². The molecular weight excluding hydrogens is 298 g/mol. The summed E-state index contributed by atoms with van der Waals surface area (Å²) in [6.07, 6.45) is 1.68. The highest BCUT2D eigenvalue weighted by atomic mass is 32.2. The van der Waals surface area contributed by atoms with E-state index in [1.807, 2.05) is 0 Å². The Labute approximate surface area is 122 Å². The van der Waals surface area contributed by atoms with Gasteiger partial charge in [-0.2, -0.15) is 0 Å². The second-order valence-corrected chi connectivity index (χ2v) is 7.08. The molecule has 1 unspecified atom stereocenters. The molecule has 0 aromatic carbocycles. The number of nitro groups is 1. The predicted molar refractivity (Wildman–Crippen MR) is 78.3 cm³/mol. The summed E-state index contributed by atoms with van der Waals surface area (Å²) in [6, 6.07) is -0.307. The standard InChI is InChI=1S/C11H17N5O4S/c1-3-12-10-9(16(17)18)11(14-7-13-10)15(2)8-4-5-21(19,20)6-8/h7-8H,3-6H2,1-2H3,(H,12,13,14). The molecule has 116 valence electrons. The van der Waals surface area contributed by atoms with E-state index >= 15 is 0 Å². The van der Waals surface area contributed by atoms with E-state index in [2.05, 4.69) is 15.3 Å². The van der Waals surface area contributed by atoms with Crippen LogP contribution in [0.1, 0.15) is 13.3 Å². The van der Waals surface area contributed by atoms with Gasteiger partial charge in [-0.05, 0) is 13.3 Å². The number of hydrogen-bond donors (Lipinski definition) is 1. The van der Waals surface area contributed by atoms with Crippen molar-refractivity contribution in [1.29, 1.82) is 0 Å². The highest BCUT2D eigenvalue weighted by Gasteiger charge is 2.35. The molecule has 1 aliphatic rings. The normalized spacial score (nSPS) is 20.2. The van der Waals surface area contributed by atoms with Crippen LogP contribution >= 0.6 is 0 Å². The molecule has 1 N–H and O–H groups in total. The van der Waals surface area contributed by atoms with Crippen molar-refractivity contribution < 1.29 is 13.3 Å². The van der Waals surface area contributed by atoms with Gasteiger partial charge < -0.3 is 10.2 Å². The Balaban J connectivity index is 2.39. The zero-order valence-corrected chi connectivity index (χ0v) is 12.6. The van der Waals surface area contributed by atoms with Crippen molar-refractivity contribution in [2.24, 2.45) is 0 Å². The van der Waals surface area contributed by atoms with Crippen molar-refractivity contribution in [3.63, 3.8) is 0 Å². The summed E-state index contributed by atoms with van der Waals surface area (Å²) < 4.78 is 23.1. The SMILES string of the molecule is CCNc1ncnc(N(C)C2CCS(=O)(=O)C2)c1[N+](=O)[O-]. The van der Waals surface area contributed by atoms with Crippen LogP contribution in [-0.4, -0.2) is 54.4 Å². The van der Waals surface area contributed by atoms with E-state index in [0.29, 0.717) is 13.0 Å². The Kier molecular flexibility index (Phi) is 4.26. The molecule has 1 fully saturated rings. The van der Waals surface area contributed by atoms with Crippen LogP contribution in [0.2, 0.25) is 0 Å². The van der Waals surface area contributed by atoms with E-state index in [-0.39, 0.29) is 34.9 Å². The first-order chi connectivity index (χ1) is 9.85. The third-order valence-corrected chi connectivity index (χ3v) is 5.17. The maximum absolute atomic E-state index is 11.6. The van der Waals surface area contributed by atoms with Crippen molar-refractivity contribution in [3.05, 3.63) is 16.4 Å². The first kappa shape index (κ1) is 15.4. The number of hydrogen-bond acceptors (Lipinski definition) is 8. The minimum atomic E-state index is -3.07. The summed E-state index contributed by atoms with van der Waals surface area (Å²) in [5.74, 6) is 0.357. The summed E-state index contributed by atoms with van der Waals surface area (Å²) in [5, 5.41) is 14.1. The Bertz CT molecular complexity index is 648. The van der Waals surface area contributed by atoms with Gasteiger partial charge in [0.2, 0.25) is 11.6 Å². The predicted octanol–water partition coefficient (Wildman–Crippen LogP) is 0.440. The summed E-state index contributed by atoms with van der Waals surface area (Å²) >= 11 is 0. The van der Waals surface area contributed by atoms with Crippen LogP contribution in [0.25, 0.3) is 0 Å². The van der Waals surface area contributed by atoms with E-state index in [4.69, 9.17) is 0 Å². The molecule has 9 nitrogen and oxygen atoms in total. The van der Waals surface area contributed by atoms with E-state index in [1.165, 1.54) is 6.33 Å². The third kappa shape index (κ3) is 3.20. The quantitative estimate of drug-likeness (QED) is 0.614. The van der Waals surface area contributed by atoms with E-state index < -0.39 is 14.8 Å². The van der Waals surface area contributed by atoms with Crippen LogP contribution in [0, 0.1) is 10.1 Å². The fraction of sp³-hybridized carbons (Fsp3) is 0.636. The molecule has 1 atom stereocenters. The van der Waals surface area contributed by atoms with Crippen LogP contribution < -0.4 is 10.2 Å². The van der Waals surface area contributed by atoms with Crippen LogP contribution in [0.3, 0.4) is 0 Å². The molecule has 1 aromatic rings. The molecule has 2 heterocycles. The highest BCUT2D eigenvalue weighted by Crippen LogP contribution is 2.33. The number of rotatable bonds is 5. The Morgan fingerprint density at radius 1 is 1.52 bits per heavy atom. The molecule has 0 saturated carbocycles. The number of sulfone groups is 1. The summed E-state index contributed by atoms with van der Waals surface area (Å²) in [7, 11) is -1.45. The maximum atomic E-state index is 11.6. The molecule has 1 aliphatic heterocycles. The smallest absolute Gasteiger partial charge is 0.353 e. The third-order valence-electron chi connectivity index (χ3n) is 3.42. The fourth-order valence-corrected chi connectivity index (χ4v) is 4.12. The van der Waals surface area contributed by atoms with Crippen molar-refractivity contribution in [2.45, 2.75) is 19.4 Å². The first-order valence-electron chi connectivity index (χ1n) is 6.52. The second-order valence-electron chi connectivity index (χ2n) is 4.85. The van der Waals surface area contributed by atoms with Gasteiger partial charge in [0.05, 0.1) is 16.4 Å². The molecule has 1 aromatic heterocycles. The lowest BCUT2D eigenvalue weighted by Crippen LogP contribution is -2.33. The fourth-order valence-electron chi connectivity index (χ4n) is 2.35. The van der Waals surface area contributed by atoms with Gasteiger partial charge in [0.15, 0.2) is 9.84 Å². The van der Waals surface area contributed by atoms with Crippen LogP contribution in [0.4, 0.5) is 17.3 Å². The largest absolute Gasteiger partial charge is 0.364 e. The van der Waals surface area contributed by atoms with Gasteiger partial charge in [-0.15, -0.1) is 0 Å². The lowest BCUT2D eigenvalue weighted by molar-refractivity contribution is -0.383. The van der Waals surface area contributed by atoms with Crippen LogP contribution in [-0.2, 0) is 9.84 Å². The molecule has 10 heteroatoms. The summed E-state index contributed by atoms with van der Waals surface area (Å²) in [5.41, 5.74) is -0.230. The number of nitrogens with one attached hydrogen (secondary N) is 1. The molecule has 1 saturated heterocycles. The number of aromatic nitrogens is 2. The van der Waals surface area contributed by atoms with Crippen molar-refractivity contribution in [2.75, 3.05) is 35.3 Å². The average molecular weight is 315 g/mol. The van der Waals surface area contributed by atoms with Gasteiger partial charge in [0.25, 0.3) is 0 Å². The average Bonchev–Trinajstić information content (AvgIpc) is 2.78. The zero-order chi connectivity index (χ0) is 15.6. The Hall–Kier alpha value is -1.97. The minimum Gasteiger partial charge on any atom is -0.364 e. The summed E-state index contributed by atoms with van der Waals surface area (Å²) in [4.78, 5) is 20.2. The Morgan fingerprint density at radius 2 is 2.24 bits per heavy atom. The number of anilines is 2. The maximum Gasteiger partial charge on any atom is 0.353 e. The topological polar surface area (TPSA) is 118 Å². The van der Waals surface area contributed by atoms with E-state index in [0.717, 1.165) is 0 Å². The van der Waals surface area contributed by atoms with Crippen LogP contribution in [0.5, 0.6) is 0 Å². The lowest BCUT2D eigenvalue weighted by atomic mass is 10.2. The highest BCUT2D eigenvalue weighted by molar-refractivity contribution is 7.91. The Morgan fingerprint density at radius 3 is 2.76 bits per heavy atom. The van der Waals surface area contributed by atoms with Crippen molar-refractivity contribution in [1.82, 2.24) is 9.97 Å². The van der Waals surface area contributed by atoms with Crippen molar-refractivity contribution >= 4 is 27.2 Å². The molecule has 21 heavy (non-hydrogen) atoms. The molecule has 0 spiro atoms. The molecule has 0 radical (unpaired) electrons. The molecule has 2 rings (SSSR count). The lowest BCUT2D eigenvalue weighted by Gasteiger charge is -2.24. The van der Waals surface area contributed by atoms with Gasteiger partial charge in [-0.25, -0.2) is 18.4 Å². The monoisotopic (exact) mass is 315 g/mol. The van der Waals surface area contributed by atoms with Gasteiger partial charge in [0, 0.05) is 19.6 Å². The summed E-state index contributed by atoms with van der Waals surface area (Å²) in [6.45, 7) is 2.29. The first-order valence-corrected chi connectivity index (χ1v) is 8.34. The van der Waals surface area contributed by atoms with Gasteiger partial charge in [0.1, 0.15) is 6.33 Å².